The van der Waals surface area contributed by atoms with Crippen molar-refractivity contribution >= 4 is 31.8 Å². The van der Waals surface area contributed by atoms with E-state index in [1.165, 1.54) is 4.31 Å². The summed E-state index contributed by atoms with van der Waals surface area (Å²) < 4.78 is 28.7. The van der Waals surface area contributed by atoms with Gasteiger partial charge >= 0.3 is 10.2 Å². The monoisotopic (exact) mass is 329 g/mol. The Morgan fingerprint density at radius 1 is 1.33 bits per heavy atom. The van der Waals surface area contributed by atoms with Crippen LogP contribution < -0.4 is 4.72 Å². The molecule has 0 bridgehead atoms. The topological polar surface area (TPSA) is 73.2 Å². The first-order valence-electron chi connectivity index (χ1n) is 5.50. The molecule has 0 spiro atoms. The molecular weight excluding hydrogens is 318 g/mol. The van der Waals surface area contributed by atoms with Crippen molar-refractivity contribution in [2.45, 2.75) is 12.8 Å². The Balaban J connectivity index is 2.28. The van der Waals surface area contributed by atoms with Crippen molar-refractivity contribution in [1.82, 2.24) is 4.31 Å². The molecule has 96 valence electrons. The lowest BCUT2D eigenvalue weighted by Gasteiger charge is -2.17. The maximum atomic E-state index is 12.1. The van der Waals surface area contributed by atoms with Crippen LogP contribution in [0.1, 0.15) is 18.4 Å². The molecule has 1 N–H and O–H groups in total. The van der Waals surface area contributed by atoms with Crippen molar-refractivity contribution in [1.29, 1.82) is 5.26 Å². The minimum absolute atomic E-state index is 0.304. The van der Waals surface area contributed by atoms with Crippen molar-refractivity contribution in [3.8, 4) is 6.07 Å². The third-order valence-electron chi connectivity index (χ3n) is 2.75. The highest BCUT2D eigenvalue weighted by molar-refractivity contribution is 9.10. The molecule has 0 aliphatic carbocycles. The summed E-state index contributed by atoms with van der Waals surface area (Å²) in [6.07, 6.45) is 1.76. The quantitative estimate of drug-likeness (QED) is 0.922. The van der Waals surface area contributed by atoms with Gasteiger partial charge in [0.25, 0.3) is 0 Å². The maximum Gasteiger partial charge on any atom is 0.301 e. The van der Waals surface area contributed by atoms with Crippen LogP contribution in [-0.4, -0.2) is 25.8 Å². The van der Waals surface area contributed by atoms with Gasteiger partial charge in [-0.3, -0.25) is 4.72 Å². The fourth-order valence-electron chi connectivity index (χ4n) is 1.83. The second-order valence-corrected chi connectivity index (χ2v) is 6.60. The van der Waals surface area contributed by atoms with Gasteiger partial charge in [0.15, 0.2) is 0 Å². The van der Waals surface area contributed by atoms with Gasteiger partial charge < -0.3 is 0 Å². The predicted octanol–water partition coefficient (Wildman–Crippen LogP) is 2.07. The van der Waals surface area contributed by atoms with E-state index in [4.69, 9.17) is 5.26 Å². The smallest absolute Gasteiger partial charge is 0.270 e. The molecule has 0 atom stereocenters. The van der Waals surface area contributed by atoms with Crippen molar-refractivity contribution in [3.63, 3.8) is 0 Å². The van der Waals surface area contributed by atoms with Crippen molar-refractivity contribution in [2.24, 2.45) is 0 Å². The van der Waals surface area contributed by atoms with Gasteiger partial charge in [0, 0.05) is 17.6 Å². The standard InChI is InChI=1S/C11H12BrN3O2S/c12-10-4-3-9(8-13)11(7-10)14-18(16,17)15-5-1-2-6-15/h3-4,7,14H,1-2,5-6H2. The summed E-state index contributed by atoms with van der Waals surface area (Å²) in [5, 5.41) is 8.96. The van der Waals surface area contributed by atoms with Crippen molar-refractivity contribution in [2.75, 3.05) is 17.8 Å². The van der Waals surface area contributed by atoms with Crippen LogP contribution in [0.5, 0.6) is 0 Å². The average Bonchev–Trinajstić information content (AvgIpc) is 2.83. The third kappa shape index (κ3) is 2.83. The predicted molar refractivity (Wildman–Crippen MR) is 72.2 cm³/mol. The fraction of sp³-hybridized carbons (Fsp3) is 0.364. The van der Waals surface area contributed by atoms with E-state index >= 15 is 0 Å². The van der Waals surface area contributed by atoms with E-state index in [-0.39, 0.29) is 0 Å². The van der Waals surface area contributed by atoms with Gasteiger partial charge in [0.05, 0.1) is 11.3 Å². The molecule has 1 heterocycles. The van der Waals surface area contributed by atoms with Gasteiger partial charge in [0.2, 0.25) is 0 Å². The summed E-state index contributed by atoms with van der Waals surface area (Å²) in [6, 6.07) is 6.84. The molecule has 18 heavy (non-hydrogen) atoms. The number of nitrogens with one attached hydrogen (secondary N) is 1. The lowest BCUT2D eigenvalue weighted by molar-refractivity contribution is 0.482. The molecule has 0 aromatic heterocycles. The van der Waals surface area contributed by atoms with Crippen LogP contribution >= 0.6 is 15.9 Å². The van der Waals surface area contributed by atoms with Crippen LogP contribution in [0.25, 0.3) is 0 Å². The lowest BCUT2D eigenvalue weighted by Crippen LogP contribution is -2.33. The van der Waals surface area contributed by atoms with E-state index in [2.05, 4.69) is 20.7 Å². The van der Waals surface area contributed by atoms with E-state index in [0.717, 1.165) is 17.3 Å². The molecule has 0 unspecified atom stereocenters. The minimum Gasteiger partial charge on any atom is -0.270 e. The number of hydrogen-bond acceptors (Lipinski definition) is 3. The summed E-state index contributed by atoms with van der Waals surface area (Å²) in [7, 11) is -3.55. The van der Waals surface area contributed by atoms with E-state index in [0.29, 0.717) is 24.3 Å². The lowest BCUT2D eigenvalue weighted by atomic mass is 10.2. The van der Waals surface area contributed by atoms with E-state index < -0.39 is 10.2 Å². The van der Waals surface area contributed by atoms with Crippen LogP contribution in [0.2, 0.25) is 0 Å². The Hall–Kier alpha value is -1.10. The summed E-state index contributed by atoms with van der Waals surface area (Å²) >= 11 is 3.26. The number of nitrogens with zero attached hydrogens (tertiary/aromatic N) is 2. The zero-order chi connectivity index (χ0) is 13.2. The molecule has 1 aromatic rings. The first-order chi connectivity index (χ1) is 8.53. The Bertz CT molecular complexity index is 589. The zero-order valence-corrected chi connectivity index (χ0v) is 12.0. The molecule has 7 heteroatoms. The SMILES string of the molecule is N#Cc1ccc(Br)cc1NS(=O)(=O)N1CCCC1. The molecule has 1 fully saturated rings. The molecule has 2 rings (SSSR count). The fourth-order valence-corrected chi connectivity index (χ4v) is 3.51. The second-order valence-electron chi connectivity index (χ2n) is 4.01. The van der Waals surface area contributed by atoms with Gasteiger partial charge in [-0.15, -0.1) is 0 Å². The molecular formula is C11H12BrN3O2S. The number of nitriles is 1. The molecule has 1 aliphatic rings. The van der Waals surface area contributed by atoms with E-state index in [1.807, 2.05) is 6.07 Å². The van der Waals surface area contributed by atoms with Crippen molar-refractivity contribution < 1.29 is 8.42 Å². The molecule has 1 aromatic carbocycles. The Morgan fingerprint density at radius 2 is 2.00 bits per heavy atom. The number of anilines is 1. The maximum absolute atomic E-state index is 12.1. The Kier molecular flexibility index (Phi) is 3.90. The number of hydrogen-bond donors (Lipinski definition) is 1. The largest absolute Gasteiger partial charge is 0.301 e. The van der Waals surface area contributed by atoms with Crippen LogP contribution in [0.4, 0.5) is 5.69 Å². The van der Waals surface area contributed by atoms with Crippen LogP contribution in [0.15, 0.2) is 22.7 Å². The third-order valence-corrected chi connectivity index (χ3v) is 4.76. The highest BCUT2D eigenvalue weighted by Crippen LogP contribution is 2.23. The summed E-state index contributed by atoms with van der Waals surface area (Å²) in [5.41, 5.74) is 0.611. The second kappa shape index (κ2) is 5.26. The van der Waals surface area contributed by atoms with Crippen LogP contribution in [-0.2, 0) is 10.2 Å². The number of benzene rings is 1. The summed E-state index contributed by atoms with van der Waals surface area (Å²) in [4.78, 5) is 0. The summed E-state index contributed by atoms with van der Waals surface area (Å²) in [5.74, 6) is 0. The Morgan fingerprint density at radius 3 is 2.61 bits per heavy atom. The molecule has 0 saturated carbocycles. The number of halogens is 1. The van der Waals surface area contributed by atoms with Gasteiger partial charge in [-0.2, -0.15) is 18.0 Å². The van der Waals surface area contributed by atoms with Gasteiger partial charge in [0.1, 0.15) is 6.07 Å². The average molecular weight is 330 g/mol. The normalized spacial score (nSPS) is 16.4. The first kappa shape index (κ1) is 13.3. The van der Waals surface area contributed by atoms with E-state index in [9.17, 15) is 8.42 Å². The van der Waals surface area contributed by atoms with Gasteiger partial charge in [-0.25, -0.2) is 0 Å². The Labute approximate surface area is 115 Å². The molecule has 0 radical (unpaired) electrons. The van der Waals surface area contributed by atoms with E-state index in [1.54, 1.807) is 18.2 Å². The first-order valence-corrected chi connectivity index (χ1v) is 7.74. The van der Waals surface area contributed by atoms with Crippen molar-refractivity contribution in [3.05, 3.63) is 28.2 Å². The zero-order valence-electron chi connectivity index (χ0n) is 9.56. The highest BCUT2D eigenvalue weighted by atomic mass is 79.9. The van der Waals surface area contributed by atoms with Gasteiger partial charge in [-0.1, -0.05) is 15.9 Å². The number of rotatable bonds is 3. The van der Waals surface area contributed by atoms with Gasteiger partial charge in [-0.05, 0) is 31.0 Å². The molecule has 5 nitrogen and oxygen atoms in total. The minimum atomic E-state index is -3.55. The van der Waals surface area contributed by atoms with Crippen LogP contribution in [0.3, 0.4) is 0 Å². The van der Waals surface area contributed by atoms with Crippen LogP contribution in [0, 0.1) is 11.3 Å². The molecule has 1 aliphatic heterocycles. The highest BCUT2D eigenvalue weighted by Gasteiger charge is 2.25. The summed E-state index contributed by atoms with van der Waals surface area (Å²) in [6.45, 7) is 1.07. The molecule has 1 saturated heterocycles. The molecule has 0 amide bonds.